The summed E-state index contributed by atoms with van der Waals surface area (Å²) >= 11 is 0. The van der Waals surface area contributed by atoms with E-state index in [2.05, 4.69) is 9.80 Å². The summed E-state index contributed by atoms with van der Waals surface area (Å²) in [5.41, 5.74) is 9.01. The second kappa shape index (κ2) is 5.45. The molecule has 0 aliphatic carbocycles. The summed E-state index contributed by atoms with van der Waals surface area (Å²) in [6, 6.07) is 25.6. The maximum absolute atomic E-state index is 13.4. The van der Waals surface area contributed by atoms with E-state index in [4.69, 9.17) is 4.74 Å². The van der Waals surface area contributed by atoms with Crippen LogP contribution in [-0.2, 0) is 0 Å². The number of hydrogen-bond acceptors (Lipinski definition) is 3. The maximum atomic E-state index is 13.4. The summed E-state index contributed by atoms with van der Waals surface area (Å²) in [5.74, 6) is 0.449. The Hall–Kier alpha value is -3.13. The van der Waals surface area contributed by atoms with E-state index < -0.39 is 12.5 Å². The summed E-state index contributed by atoms with van der Waals surface area (Å²) in [6.07, 6.45) is 0. The molecule has 0 atom stereocenters. The first-order valence-electron chi connectivity index (χ1n) is 7.76. The number of azide groups is 1. The third-order valence-electron chi connectivity index (χ3n) is 4.62. The molecule has 0 spiro atoms. The van der Waals surface area contributed by atoms with E-state index in [-0.39, 0.29) is 0 Å². The van der Waals surface area contributed by atoms with Crippen LogP contribution < -0.4 is 20.7 Å². The van der Waals surface area contributed by atoms with Crippen LogP contribution in [0.2, 0.25) is 0 Å². The van der Waals surface area contributed by atoms with Crippen LogP contribution in [-0.4, -0.2) is 5.71 Å². The first-order valence-corrected chi connectivity index (χ1v) is 9.94. The molecule has 0 bridgehead atoms. The van der Waals surface area contributed by atoms with Crippen molar-refractivity contribution in [1.82, 2.24) is 0 Å². The molecule has 0 amide bonds. The number of para-hydroxylation sites is 1. The zero-order valence-electron chi connectivity index (χ0n) is 13.2. The SMILES string of the molecule is [N-]=[N+]=NP1(c2ccccc2)(c2ccccc2)C(=O)Oc2ccccc21. The van der Waals surface area contributed by atoms with Gasteiger partial charge in [0.25, 0.3) is 0 Å². The van der Waals surface area contributed by atoms with Crippen LogP contribution >= 0.6 is 6.75 Å². The molecule has 0 saturated heterocycles. The van der Waals surface area contributed by atoms with Gasteiger partial charge in [-0.15, -0.1) is 0 Å². The van der Waals surface area contributed by atoms with Crippen LogP contribution in [0.15, 0.2) is 89.8 Å². The van der Waals surface area contributed by atoms with Gasteiger partial charge in [0.1, 0.15) is 0 Å². The summed E-state index contributed by atoms with van der Waals surface area (Å²) in [6.45, 7) is -4.12. The fourth-order valence-corrected chi connectivity index (χ4v) is 8.24. The van der Waals surface area contributed by atoms with E-state index in [1.165, 1.54) is 0 Å². The molecule has 4 rings (SSSR count). The predicted octanol–water partition coefficient (Wildman–Crippen LogP) is 4.25. The van der Waals surface area contributed by atoms with Crippen molar-refractivity contribution in [3.63, 3.8) is 0 Å². The number of rotatable bonds is 3. The molecule has 0 unspecified atom stereocenters. The van der Waals surface area contributed by atoms with Gasteiger partial charge >= 0.3 is 144 Å². The molecule has 0 radical (unpaired) electrons. The summed E-state index contributed by atoms with van der Waals surface area (Å²) in [4.78, 5) is 20.9. The van der Waals surface area contributed by atoms with E-state index in [1.54, 1.807) is 12.1 Å². The van der Waals surface area contributed by atoms with Gasteiger partial charge < -0.3 is 0 Å². The van der Waals surface area contributed by atoms with Crippen molar-refractivity contribution in [2.75, 3.05) is 0 Å². The average molecular weight is 347 g/mol. The Morgan fingerprint density at radius 2 is 1.32 bits per heavy atom. The third-order valence-corrected chi connectivity index (χ3v) is 9.78. The van der Waals surface area contributed by atoms with Crippen molar-refractivity contribution in [1.29, 1.82) is 0 Å². The van der Waals surface area contributed by atoms with Crippen molar-refractivity contribution in [3.8, 4) is 5.75 Å². The van der Waals surface area contributed by atoms with Crippen LogP contribution in [0.4, 0.5) is 4.79 Å². The van der Waals surface area contributed by atoms with Crippen molar-refractivity contribution in [2.24, 2.45) is 4.88 Å². The number of nitrogens with zero attached hydrogens (tertiary/aromatic N) is 3. The molecule has 1 aliphatic heterocycles. The molecule has 6 heteroatoms. The van der Waals surface area contributed by atoms with Gasteiger partial charge in [0.15, 0.2) is 0 Å². The van der Waals surface area contributed by atoms with Crippen LogP contribution in [0.1, 0.15) is 0 Å². The standard InChI is InChI=1S/C19H14N3O2P/c20-21-22-25(15-9-3-1-4-10-15,16-11-5-2-6-12-16)18-14-8-7-13-17(18)24-19(25)23/h1-14H. The Balaban J connectivity index is 2.29. The molecule has 0 fully saturated rings. The number of fused-ring (bicyclic) bond motifs is 1. The van der Waals surface area contributed by atoms with Crippen LogP contribution in [0.5, 0.6) is 5.75 Å². The fraction of sp³-hybridized carbons (Fsp3) is 0. The Morgan fingerprint density at radius 1 is 0.800 bits per heavy atom. The van der Waals surface area contributed by atoms with E-state index in [0.29, 0.717) is 21.7 Å². The molecule has 3 aromatic rings. The van der Waals surface area contributed by atoms with Gasteiger partial charge in [-0.3, -0.25) is 0 Å². The molecule has 0 saturated carbocycles. The monoisotopic (exact) mass is 347 g/mol. The zero-order chi connectivity index (χ0) is 17.4. The Labute approximate surface area is 144 Å². The van der Waals surface area contributed by atoms with Gasteiger partial charge in [0.05, 0.1) is 0 Å². The second-order valence-electron chi connectivity index (χ2n) is 5.76. The van der Waals surface area contributed by atoms with Crippen LogP contribution in [0.3, 0.4) is 0 Å². The summed E-state index contributed by atoms with van der Waals surface area (Å²) in [5, 5.41) is 1.99. The van der Waals surface area contributed by atoms with Crippen molar-refractivity contribution < 1.29 is 9.53 Å². The Bertz CT molecular complexity index is 976. The molecule has 122 valence electrons. The number of carbonyl (C=O) groups excluding carboxylic acids is 1. The van der Waals surface area contributed by atoms with Gasteiger partial charge in [-0.05, 0) is 0 Å². The number of benzene rings is 3. The van der Waals surface area contributed by atoms with Gasteiger partial charge in [-0.2, -0.15) is 0 Å². The topological polar surface area (TPSA) is 75.1 Å². The number of carbonyl (C=O) groups is 1. The molecule has 1 heterocycles. The molecular formula is C19H14N3O2P. The Morgan fingerprint density at radius 3 is 1.88 bits per heavy atom. The van der Waals surface area contributed by atoms with Crippen molar-refractivity contribution in [3.05, 3.63) is 95.4 Å². The summed E-state index contributed by atoms with van der Waals surface area (Å²) in [7, 11) is 0. The van der Waals surface area contributed by atoms with Gasteiger partial charge in [-0.1, -0.05) is 0 Å². The quantitative estimate of drug-likeness (QED) is 0.307. The zero-order valence-corrected chi connectivity index (χ0v) is 14.1. The molecule has 25 heavy (non-hydrogen) atoms. The summed E-state index contributed by atoms with van der Waals surface area (Å²) < 4.78 is 5.64. The van der Waals surface area contributed by atoms with Crippen LogP contribution in [0.25, 0.3) is 10.4 Å². The molecule has 5 nitrogen and oxygen atoms in total. The molecule has 3 aromatic carbocycles. The Kier molecular flexibility index (Phi) is 3.36. The third kappa shape index (κ3) is 1.77. The molecular weight excluding hydrogens is 333 g/mol. The van der Waals surface area contributed by atoms with E-state index >= 15 is 0 Å². The van der Waals surface area contributed by atoms with Gasteiger partial charge in [-0.25, -0.2) is 0 Å². The average Bonchev–Trinajstić information content (AvgIpc) is 2.94. The predicted molar refractivity (Wildman–Crippen MR) is 100 cm³/mol. The number of ether oxygens (including phenoxy) is 1. The van der Waals surface area contributed by atoms with Gasteiger partial charge in [0.2, 0.25) is 0 Å². The molecule has 1 aliphatic rings. The van der Waals surface area contributed by atoms with Crippen LogP contribution in [0, 0.1) is 0 Å². The normalized spacial score (nSPS) is 18.1. The number of hydrogen-bond donors (Lipinski definition) is 0. The van der Waals surface area contributed by atoms with Crippen molar-refractivity contribution >= 4 is 28.4 Å². The molecule has 0 aromatic heterocycles. The van der Waals surface area contributed by atoms with Gasteiger partial charge in [0, 0.05) is 0 Å². The van der Waals surface area contributed by atoms with E-state index in [0.717, 1.165) is 0 Å². The minimum atomic E-state index is -4.12. The fourth-order valence-electron chi connectivity index (χ4n) is 3.53. The first kappa shape index (κ1) is 15.4. The minimum absolute atomic E-state index is 0.449. The van der Waals surface area contributed by atoms with E-state index in [1.807, 2.05) is 72.8 Å². The second-order valence-corrected chi connectivity index (χ2v) is 9.96. The molecule has 0 N–H and O–H groups in total. The first-order chi connectivity index (χ1) is 12.2. The van der Waals surface area contributed by atoms with E-state index in [9.17, 15) is 10.3 Å². The van der Waals surface area contributed by atoms with Crippen molar-refractivity contribution in [2.45, 2.75) is 0 Å².